The molecule has 0 radical (unpaired) electrons. The molecule has 0 fully saturated rings. The maximum Gasteiger partial charge on any atom is 0.252 e. The van der Waals surface area contributed by atoms with E-state index in [1.54, 1.807) is 42.7 Å². The van der Waals surface area contributed by atoms with Crippen molar-refractivity contribution < 1.29 is 9.59 Å². The van der Waals surface area contributed by atoms with Gasteiger partial charge in [0.05, 0.1) is 11.6 Å². The maximum atomic E-state index is 13.0. The Bertz CT molecular complexity index is 981. The highest BCUT2D eigenvalue weighted by Gasteiger charge is 2.20. The van der Waals surface area contributed by atoms with Gasteiger partial charge in [-0.05, 0) is 55.7 Å². The molecular formula is C23H22N2O2. The minimum Gasteiger partial charge on any atom is -0.345 e. The van der Waals surface area contributed by atoms with E-state index in [1.807, 2.05) is 45.0 Å². The minimum absolute atomic E-state index is 0.155. The number of benzene rings is 2. The summed E-state index contributed by atoms with van der Waals surface area (Å²) in [6.07, 6.45) is 3.41. The Morgan fingerprint density at radius 3 is 2.33 bits per heavy atom. The van der Waals surface area contributed by atoms with E-state index in [0.717, 1.165) is 16.7 Å². The van der Waals surface area contributed by atoms with Crippen LogP contribution in [-0.4, -0.2) is 16.7 Å². The Morgan fingerprint density at radius 2 is 1.67 bits per heavy atom. The summed E-state index contributed by atoms with van der Waals surface area (Å²) in [6.45, 7) is 5.87. The number of nitrogens with one attached hydrogen (secondary N) is 1. The molecule has 27 heavy (non-hydrogen) atoms. The molecule has 1 aromatic heterocycles. The van der Waals surface area contributed by atoms with E-state index in [4.69, 9.17) is 0 Å². The first-order valence-electron chi connectivity index (χ1n) is 8.89. The van der Waals surface area contributed by atoms with Crippen LogP contribution in [0.1, 0.15) is 55.9 Å². The number of rotatable bonds is 5. The van der Waals surface area contributed by atoms with Gasteiger partial charge in [0.25, 0.3) is 5.91 Å². The number of aromatic nitrogens is 1. The van der Waals surface area contributed by atoms with Gasteiger partial charge in [0.2, 0.25) is 0 Å². The van der Waals surface area contributed by atoms with Crippen molar-refractivity contribution >= 4 is 11.7 Å². The number of carbonyl (C=O) groups excluding carboxylic acids is 2. The lowest BCUT2D eigenvalue weighted by atomic mass is 9.95. The van der Waals surface area contributed by atoms with E-state index in [1.165, 1.54) is 0 Å². The van der Waals surface area contributed by atoms with E-state index >= 15 is 0 Å². The second-order valence-corrected chi connectivity index (χ2v) is 6.66. The lowest BCUT2D eigenvalue weighted by molar-refractivity contribution is 0.0929. The molecule has 4 nitrogen and oxygen atoms in total. The SMILES string of the molecule is Cc1ccc(C(=O)c2ccccc2C(=O)NC(C)c2cccnc2)cc1C. The van der Waals surface area contributed by atoms with Gasteiger partial charge >= 0.3 is 0 Å². The quantitative estimate of drug-likeness (QED) is 0.687. The number of amides is 1. The highest BCUT2D eigenvalue weighted by Crippen LogP contribution is 2.19. The molecule has 0 saturated carbocycles. The zero-order valence-electron chi connectivity index (χ0n) is 15.7. The molecule has 0 aliphatic carbocycles. The lowest BCUT2D eigenvalue weighted by Crippen LogP contribution is -2.28. The molecule has 1 unspecified atom stereocenters. The van der Waals surface area contributed by atoms with Crippen LogP contribution in [0.3, 0.4) is 0 Å². The molecule has 1 amide bonds. The summed E-state index contributed by atoms with van der Waals surface area (Å²) in [5.41, 5.74) is 4.44. The van der Waals surface area contributed by atoms with Gasteiger partial charge < -0.3 is 5.32 Å². The van der Waals surface area contributed by atoms with Crippen LogP contribution in [0.15, 0.2) is 67.0 Å². The van der Waals surface area contributed by atoms with Gasteiger partial charge in [0, 0.05) is 23.5 Å². The molecule has 0 bridgehead atoms. The number of nitrogens with zero attached hydrogens (tertiary/aromatic N) is 1. The van der Waals surface area contributed by atoms with Crippen LogP contribution in [-0.2, 0) is 0 Å². The zero-order valence-corrected chi connectivity index (χ0v) is 15.7. The molecule has 0 saturated heterocycles. The number of hydrogen-bond donors (Lipinski definition) is 1. The molecule has 0 aliphatic rings. The van der Waals surface area contributed by atoms with Crippen molar-refractivity contribution in [3.05, 3.63) is 100 Å². The molecule has 3 rings (SSSR count). The molecular weight excluding hydrogens is 336 g/mol. The van der Waals surface area contributed by atoms with E-state index < -0.39 is 0 Å². The summed E-state index contributed by atoms with van der Waals surface area (Å²) < 4.78 is 0. The summed E-state index contributed by atoms with van der Waals surface area (Å²) in [5, 5.41) is 2.95. The van der Waals surface area contributed by atoms with Crippen molar-refractivity contribution in [2.45, 2.75) is 26.8 Å². The van der Waals surface area contributed by atoms with Crippen LogP contribution < -0.4 is 5.32 Å². The van der Waals surface area contributed by atoms with Crippen LogP contribution in [0.4, 0.5) is 0 Å². The molecule has 4 heteroatoms. The summed E-state index contributed by atoms with van der Waals surface area (Å²) in [5.74, 6) is -0.433. The first-order valence-corrected chi connectivity index (χ1v) is 8.89. The van der Waals surface area contributed by atoms with Crippen molar-refractivity contribution in [1.82, 2.24) is 10.3 Å². The van der Waals surface area contributed by atoms with Crippen LogP contribution in [0, 0.1) is 13.8 Å². The van der Waals surface area contributed by atoms with Crippen molar-refractivity contribution in [2.24, 2.45) is 0 Å². The first-order chi connectivity index (χ1) is 13.0. The molecule has 2 aromatic carbocycles. The Morgan fingerprint density at radius 1 is 0.926 bits per heavy atom. The van der Waals surface area contributed by atoms with Crippen LogP contribution in [0.2, 0.25) is 0 Å². The zero-order chi connectivity index (χ0) is 19.4. The number of hydrogen-bond acceptors (Lipinski definition) is 3. The summed E-state index contributed by atoms with van der Waals surface area (Å²) in [4.78, 5) is 29.9. The second-order valence-electron chi connectivity index (χ2n) is 6.66. The van der Waals surface area contributed by atoms with Gasteiger partial charge in [-0.25, -0.2) is 0 Å². The molecule has 0 aliphatic heterocycles. The standard InChI is InChI=1S/C23H22N2O2/c1-15-10-11-18(13-16(15)2)22(26)20-8-4-5-9-21(20)23(27)25-17(3)19-7-6-12-24-14-19/h4-14,17H,1-3H3,(H,25,27). The largest absolute Gasteiger partial charge is 0.345 e. The Hall–Kier alpha value is -3.27. The lowest BCUT2D eigenvalue weighted by Gasteiger charge is -2.15. The molecule has 1 heterocycles. The molecule has 0 spiro atoms. The smallest absolute Gasteiger partial charge is 0.252 e. The highest BCUT2D eigenvalue weighted by molar-refractivity contribution is 6.15. The molecule has 1 atom stereocenters. The average molecular weight is 358 g/mol. The van der Waals surface area contributed by atoms with Gasteiger partial charge in [-0.1, -0.05) is 36.4 Å². The van der Waals surface area contributed by atoms with Gasteiger partial charge in [0.1, 0.15) is 0 Å². The minimum atomic E-state index is -0.279. The van der Waals surface area contributed by atoms with Gasteiger partial charge in [0.15, 0.2) is 5.78 Å². The summed E-state index contributed by atoms with van der Waals surface area (Å²) in [7, 11) is 0. The third kappa shape index (κ3) is 4.11. The van der Waals surface area contributed by atoms with Crippen molar-refractivity contribution in [3.63, 3.8) is 0 Å². The Balaban J connectivity index is 1.88. The monoisotopic (exact) mass is 358 g/mol. The first kappa shape index (κ1) is 18.5. The van der Waals surface area contributed by atoms with Gasteiger partial charge in [-0.2, -0.15) is 0 Å². The highest BCUT2D eigenvalue weighted by atomic mass is 16.2. The number of aryl methyl sites for hydroxylation is 2. The fourth-order valence-electron chi connectivity index (χ4n) is 2.91. The maximum absolute atomic E-state index is 13.0. The summed E-state index contributed by atoms with van der Waals surface area (Å²) >= 11 is 0. The second kappa shape index (κ2) is 7.96. The topological polar surface area (TPSA) is 59.1 Å². The Kier molecular flexibility index (Phi) is 5.46. The predicted molar refractivity (Wildman–Crippen MR) is 106 cm³/mol. The van der Waals surface area contributed by atoms with Crippen LogP contribution in [0.25, 0.3) is 0 Å². The van der Waals surface area contributed by atoms with Gasteiger partial charge in [-0.3, -0.25) is 14.6 Å². The third-order valence-electron chi connectivity index (χ3n) is 4.72. The molecule has 136 valence electrons. The van der Waals surface area contributed by atoms with Crippen molar-refractivity contribution in [3.8, 4) is 0 Å². The summed E-state index contributed by atoms with van der Waals surface area (Å²) in [6, 6.07) is 16.0. The predicted octanol–water partition coefficient (Wildman–Crippen LogP) is 4.42. The van der Waals surface area contributed by atoms with Crippen molar-refractivity contribution in [2.75, 3.05) is 0 Å². The fraction of sp³-hybridized carbons (Fsp3) is 0.174. The molecule has 1 N–H and O–H groups in total. The van der Waals surface area contributed by atoms with Gasteiger partial charge in [-0.15, -0.1) is 0 Å². The number of carbonyl (C=O) groups is 2. The third-order valence-corrected chi connectivity index (χ3v) is 4.72. The number of pyridine rings is 1. The normalized spacial score (nSPS) is 11.7. The average Bonchev–Trinajstić information content (AvgIpc) is 2.70. The van der Waals surface area contributed by atoms with Crippen LogP contribution >= 0.6 is 0 Å². The molecule has 3 aromatic rings. The Labute approximate surface area is 159 Å². The van der Waals surface area contributed by atoms with E-state index in [2.05, 4.69) is 10.3 Å². The van der Waals surface area contributed by atoms with E-state index in [0.29, 0.717) is 16.7 Å². The van der Waals surface area contributed by atoms with E-state index in [9.17, 15) is 9.59 Å². The van der Waals surface area contributed by atoms with E-state index in [-0.39, 0.29) is 17.7 Å². The fourth-order valence-corrected chi connectivity index (χ4v) is 2.91. The number of ketones is 1. The van der Waals surface area contributed by atoms with Crippen LogP contribution in [0.5, 0.6) is 0 Å². The van der Waals surface area contributed by atoms with Crippen molar-refractivity contribution in [1.29, 1.82) is 0 Å².